The number of aromatic nitrogens is 4. The molecule has 2 unspecified atom stereocenters. The van der Waals surface area contributed by atoms with Gasteiger partial charge in [-0.1, -0.05) is 67.6 Å². The quantitative estimate of drug-likeness (QED) is 0.0251. The van der Waals surface area contributed by atoms with Gasteiger partial charge >= 0.3 is 12.1 Å². The average Bonchev–Trinajstić information content (AvgIpc) is 0.755. The molecule has 2 atom stereocenters. The number of nitrogens with zero attached hydrogens (tertiary/aromatic N) is 7. The second kappa shape index (κ2) is 24.1. The van der Waals surface area contributed by atoms with Crippen LogP contribution in [0.15, 0.2) is 91.1 Å². The summed E-state index contributed by atoms with van der Waals surface area (Å²) in [4.78, 5) is 89.8. The summed E-state index contributed by atoms with van der Waals surface area (Å²) in [5.41, 5.74) is 5.74. The fraction of sp³-hybridized carbons (Fsp3) is 0.444. The van der Waals surface area contributed by atoms with Gasteiger partial charge in [-0.3, -0.25) is 38.6 Å². The molecule has 0 saturated heterocycles. The van der Waals surface area contributed by atoms with Crippen LogP contribution in [0.5, 0.6) is 0 Å². The van der Waals surface area contributed by atoms with Crippen molar-refractivity contribution in [3.05, 3.63) is 136 Å². The molecule has 12 rings (SSSR count). The van der Waals surface area contributed by atoms with Crippen LogP contribution in [-0.2, 0) is 66.5 Å². The lowest BCUT2D eigenvalue weighted by molar-refractivity contribution is -0.248. The molecule has 1 radical (unpaired) electrons. The van der Waals surface area contributed by atoms with Crippen LogP contribution in [0.3, 0.4) is 0 Å². The second-order valence-corrected chi connectivity index (χ2v) is 27.3. The van der Waals surface area contributed by atoms with Crippen molar-refractivity contribution in [3.63, 3.8) is 0 Å². The molecule has 4 aliphatic carbocycles. The van der Waals surface area contributed by atoms with E-state index >= 15 is 0 Å². The Hall–Kier alpha value is -7.86. The molecular weight excluding hydrogens is 1140 g/mol. The summed E-state index contributed by atoms with van der Waals surface area (Å²) in [6.07, 6.45) is 11.4. The van der Waals surface area contributed by atoms with Gasteiger partial charge in [-0.05, 0) is 146 Å². The van der Waals surface area contributed by atoms with Crippen molar-refractivity contribution in [1.82, 2.24) is 34.9 Å². The maximum atomic E-state index is 13.8. The van der Waals surface area contributed by atoms with E-state index in [2.05, 4.69) is 35.5 Å². The first-order valence-electron chi connectivity index (χ1n) is 29.2. The van der Waals surface area contributed by atoms with Crippen LogP contribution in [0.1, 0.15) is 120 Å². The van der Waals surface area contributed by atoms with E-state index in [9.17, 15) is 46.8 Å². The van der Waals surface area contributed by atoms with Crippen LogP contribution in [0.25, 0.3) is 21.3 Å². The highest BCUT2D eigenvalue weighted by molar-refractivity contribution is 7.85. The topological polar surface area (TPSA) is 273 Å². The zero-order chi connectivity index (χ0) is 60.6. The van der Waals surface area contributed by atoms with Gasteiger partial charge in [0.1, 0.15) is 12.4 Å². The van der Waals surface area contributed by atoms with Gasteiger partial charge in [0.2, 0.25) is 5.91 Å². The lowest BCUT2D eigenvalue weighted by Gasteiger charge is -2.69. The molecule has 23 heteroatoms. The fourth-order valence-electron chi connectivity index (χ4n) is 14.9. The van der Waals surface area contributed by atoms with E-state index in [1.807, 2.05) is 71.1 Å². The molecule has 4 fully saturated rings. The summed E-state index contributed by atoms with van der Waals surface area (Å²) in [5, 5.41) is 21.9. The first-order valence-corrected chi connectivity index (χ1v) is 31.6. The summed E-state index contributed by atoms with van der Waals surface area (Å²) >= 11 is 1.41. The van der Waals surface area contributed by atoms with Crippen molar-refractivity contribution in [3.8, 4) is 11.1 Å². The molecule has 2 aliphatic heterocycles. The number of aromatic carboxylic acids is 1. The number of carbonyl (C=O) groups excluding carboxylic acids is 5. The van der Waals surface area contributed by atoms with E-state index in [0.717, 1.165) is 82.4 Å². The third kappa shape index (κ3) is 13.4. The van der Waals surface area contributed by atoms with E-state index in [0.29, 0.717) is 78.6 Å². The van der Waals surface area contributed by atoms with Crippen molar-refractivity contribution < 1.29 is 56.3 Å². The zero-order valence-corrected chi connectivity index (χ0v) is 50.1. The predicted molar refractivity (Wildman–Crippen MR) is 321 cm³/mol. The normalized spacial score (nSPS) is 22.1. The highest BCUT2D eigenvalue weighted by Crippen LogP contribution is 2.72. The number of anilines is 2. The van der Waals surface area contributed by atoms with Gasteiger partial charge in [0, 0.05) is 86.8 Å². The minimum Gasteiger partial charge on any atom is -0.476 e. The lowest BCUT2D eigenvalue weighted by Crippen LogP contribution is -2.64. The number of para-hydroxylation sites is 1. The molecule has 451 valence electrons. The van der Waals surface area contributed by atoms with Crippen molar-refractivity contribution >= 4 is 78.3 Å². The number of fused-ring (bicyclic) bond motifs is 2. The Bertz CT molecular complexity index is 3720. The molecule has 6 aromatic rings. The summed E-state index contributed by atoms with van der Waals surface area (Å²) in [6.45, 7) is 8.26. The number of thiazole rings is 1. The molecule has 4 N–H and O–H groups in total. The Morgan fingerprint density at radius 3 is 2.40 bits per heavy atom. The number of rotatable bonds is 24. The standard InChI is InChI=1S/C63H70N9O12S2/c1-41-47(45-18-19-51(67-55(45)57(77)78)70-25-22-44-10-8-11-46(48(44)32-70)56(76)68-58-66-49-12-4-5-13-50(49)85-58)31-65-72(41)40-62-35-60(2)34-61(3,36-62)38-63(37-60,39-62)84-29-27-69(28-30-86(80,81)82)59(79)83-33-43-16-14-42(15-17-43)9-6-7-24-64-52(73)23-26-71-53(74)20-21-54(71)75/h4-5,8,10-16,18-21,31H,6-7,9,22-30,32-40H2,1-3H3,(H,64,73)(H,77,78)(H,66,68,76)(H,80,81,82). The summed E-state index contributed by atoms with van der Waals surface area (Å²) in [6, 6.07) is 25.7. The summed E-state index contributed by atoms with van der Waals surface area (Å²) < 4.78 is 49.2. The van der Waals surface area contributed by atoms with Crippen LogP contribution in [0.2, 0.25) is 0 Å². The van der Waals surface area contributed by atoms with Crippen LogP contribution in [0.4, 0.5) is 15.7 Å². The number of unbranched alkanes of at least 4 members (excludes halogenated alkanes) is 1. The van der Waals surface area contributed by atoms with E-state index in [4.69, 9.17) is 19.6 Å². The van der Waals surface area contributed by atoms with Gasteiger partial charge in [0.15, 0.2) is 10.8 Å². The average molecular weight is 1210 g/mol. The first-order chi connectivity index (χ1) is 41.0. The number of nitrogens with one attached hydrogen (secondary N) is 2. The maximum Gasteiger partial charge on any atom is 0.410 e. The summed E-state index contributed by atoms with van der Waals surface area (Å²) in [7, 11) is -4.42. The van der Waals surface area contributed by atoms with Gasteiger partial charge in [0.25, 0.3) is 27.8 Å². The van der Waals surface area contributed by atoms with Gasteiger partial charge in [-0.25, -0.2) is 19.6 Å². The number of benzene rings is 3. The molecule has 5 heterocycles. The highest BCUT2D eigenvalue weighted by atomic mass is 32.2. The van der Waals surface area contributed by atoms with E-state index < -0.39 is 45.3 Å². The molecule has 4 saturated carbocycles. The first kappa shape index (κ1) is 59.9. The van der Waals surface area contributed by atoms with Crippen LogP contribution in [0, 0.1) is 29.2 Å². The molecule has 4 bridgehead atoms. The predicted octanol–water partition coefficient (Wildman–Crippen LogP) is 8.59. The number of imide groups is 1. The molecule has 3 aromatic carbocycles. The molecular formula is C63H70N9O12S2. The second-order valence-electron chi connectivity index (χ2n) is 24.7. The van der Waals surface area contributed by atoms with E-state index in [1.165, 1.54) is 28.4 Å². The van der Waals surface area contributed by atoms with Crippen molar-refractivity contribution in [2.75, 3.05) is 55.3 Å². The molecule has 6 aliphatic rings. The van der Waals surface area contributed by atoms with Crippen molar-refractivity contribution in [2.45, 2.75) is 117 Å². The Morgan fingerprint density at radius 2 is 1.66 bits per heavy atom. The number of carboxylic acid groups (broad SMARTS) is 1. The van der Waals surface area contributed by atoms with Crippen LogP contribution < -0.4 is 15.5 Å². The molecule has 3 aromatic heterocycles. The van der Waals surface area contributed by atoms with Gasteiger partial charge < -0.3 is 29.7 Å². The number of ether oxygens (including phenoxy) is 2. The molecule has 0 spiro atoms. The zero-order valence-electron chi connectivity index (χ0n) is 48.4. The smallest absolute Gasteiger partial charge is 0.410 e. The van der Waals surface area contributed by atoms with E-state index in [1.54, 1.807) is 24.4 Å². The Kier molecular flexibility index (Phi) is 16.8. The minimum absolute atomic E-state index is 0.0182. The van der Waals surface area contributed by atoms with Crippen molar-refractivity contribution in [2.24, 2.45) is 16.2 Å². The Balaban J connectivity index is 0.705. The Labute approximate surface area is 502 Å². The molecule has 5 amide bonds. The minimum atomic E-state index is -4.42. The SMILES string of the molecule is Cc1c(-c2ccc(N3CCc4cccc(C(=O)Nc5nc6ccccc6s5)c4C3)nc2C(=O)O)cnn1CC12CC3(C)CC(C)(C1)CC(OCCN(CCS(=O)(=O)O)C(=O)OCc1[c]cc(CCCCNC(=O)CCN4C(=O)C=CC4=O)cc1)(C3)C2. The lowest BCUT2D eigenvalue weighted by atomic mass is 9.39. The number of carboxylic acids is 1. The van der Waals surface area contributed by atoms with Gasteiger partial charge in [-0.2, -0.15) is 13.5 Å². The molecule has 21 nitrogen and oxygen atoms in total. The number of carbonyl (C=O) groups is 6. The maximum absolute atomic E-state index is 13.8. The molecule has 86 heavy (non-hydrogen) atoms. The van der Waals surface area contributed by atoms with Crippen molar-refractivity contribution in [1.29, 1.82) is 0 Å². The van der Waals surface area contributed by atoms with Crippen LogP contribution >= 0.6 is 11.3 Å². The Morgan fingerprint density at radius 1 is 0.884 bits per heavy atom. The van der Waals surface area contributed by atoms with E-state index in [-0.39, 0.29) is 73.0 Å². The fourth-order valence-corrected chi connectivity index (χ4v) is 16.2. The van der Waals surface area contributed by atoms with Gasteiger partial charge in [-0.15, -0.1) is 0 Å². The highest BCUT2D eigenvalue weighted by Gasteiger charge is 2.66. The summed E-state index contributed by atoms with van der Waals surface area (Å²) in [5.74, 6) is -2.72. The number of aryl methyl sites for hydroxylation is 1. The van der Waals surface area contributed by atoms with Crippen LogP contribution in [-0.4, -0.2) is 134 Å². The number of amides is 5. The number of hydrogen-bond acceptors (Lipinski definition) is 15. The third-order valence-electron chi connectivity index (χ3n) is 17.6. The number of hydrogen-bond donors (Lipinski definition) is 4. The third-order valence-corrected chi connectivity index (χ3v) is 19.2. The number of pyridine rings is 1. The largest absolute Gasteiger partial charge is 0.476 e. The monoisotopic (exact) mass is 1210 g/mol. The van der Waals surface area contributed by atoms with Gasteiger partial charge in [0.05, 0.1) is 34.4 Å².